The molecule has 1 aromatic rings. The minimum absolute atomic E-state index is 0.613. The zero-order chi connectivity index (χ0) is 14.7. The van der Waals surface area contributed by atoms with Crippen LogP contribution in [0.1, 0.15) is 37.8 Å². The summed E-state index contributed by atoms with van der Waals surface area (Å²) in [5, 5.41) is 3.70. The van der Waals surface area contributed by atoms with Gasteiger partial charge in [-0.1, -0.05) is 29.8 Å². The van der Waals surface area contributed by atoms with E-state index in [1.807, 2.05) is 0 Å². The number of hydrogen-bond acceptors (Lipinski definition) is 2. The molecule has 2 rings (SSSR count). The number of anilines is 1. The molecule has 0 amide bonds. The Labute approximate surface area is 132 Å². The molecule has 0 spiro atoms. The largest absolute Gasteiger partial charge is 0.370 e. The fourth-order valence-corrected chi connectivity index (χ4v) is 3.29. The summed E-state index contributed by atoms with van der Waals surface area (Å²) in [6.45, 7) is 12.4. The number of nitrogens with zero attached hydrogens (tertiary/aromatic N) is 1. The summed E-state index contributed by atoms with van der Waals surface area (Å²) >= 11 is 3.67. The highest BCUT2D eigenvalue weighted by atomic mass is 79.9. The van der Waals surface area contributed by atoms with Gasteiger partial charge in [0.2, 0.25) is 0 Å². The molecule has 0 radical (unpaired) electrons. The first kappa shape index (κ1) is 15.8. The van der Waals surface area contributed by atoms with Crippen molar-refractivity contribution in [2.75, 3.05) is 24.5 Å². The molecule has 1 atom stereocenters. The molecular formula is C17H27BrN2. The maximum Gasteiger partial charge on any atom is 0.0372 e. The fraction of sp³-hybridized carbons (Fsp3) is 0.647. The van der Waals surface area contributed by atoms with Crippen molar-refractivity contribution in [3.8, 4) is 0 Å². The van der Waals surface area contributed by atoms with Crippen LogP contribution in [0, 0.1) is 19.8 Å². The Bertz CT molecular complexity index is 433. The van der Waals surface area contributed by atoms with Gasteiger partial charge in [-0.25, -0.2) is 0 Å². The molecule has 20 heavy (non-hydrogen) atoms. The van der Waals surface area contributed by atoms with Gasteiger partial charge in [0.15, 0.2) is 0 Å². The Balaban J connectivity index is 2.17. The van der Waals surface area contributed by atoms with Crippen LogP contribution in [0.4, 0.5) is 5.69 Å². The predicted molar refractivity (Wildman–Crippen MR) is 91.7 cm³/mol. The van der Waals surface area contributed by atoms with E-state index in [1.54, 1.807) is 0 Å². The zero-order valence-electron chi connectivity index (χ0n) is 13.2. The van der Waals surface area contributed by atoms with E-state index < -0.39 is 0 Å². The molecule has 1 aromatic carbocycles. The van der Waals surface area contributed by atoms with Crippen molar-refractivity contribution in [2.45, 2.75) is 46.6 Å². The number of halogens is 1. The third-order valence-corrected chi connectivity index (χ3v) is 5.27. The second-order valence-corrected chi connectivity index (χ2v) is 7.27. The Morgan fingerprint density at radius 1 is 1.30 bits per heavy atom. The van der Waals surface area contributed by atoms with Gasteiger partial charge in [0, 0.05) is 29.3 Å². The first-order valence-electron chi connectivity index (χ1n) is 7.72. The molecule has 3 heteroatoms. The van der Waals surface area contributed by atoms with Gasteiger partial charge >= 0.3 is 0 Å². The number of hydrogen-bond donors (Lipinski definition) is 1. The lowest BCUT2D eigenvalue weighted by molar-refractivity contribution is 0.436. The van der Waals surface area contributed by atoms with Gasteiger partial charge in [-0.2, -0.15) is 0 Å². The summed E-state index contributed by atoms with van der Waals surface area (Å²) in [6, 6.07) is 5.24. The highest BCUT2D eigenvalue weighted by molar-refractivity contribution is 9.10. The standard InChI is InChI=1S/C17H27BrN2/c1-12(2)8-15-11-20(7-5-6-19-15)16-9-13(3)17(18)14(4)10-16/h9-10,12,15,19H,5-8,11H2,1-4H3. The van der Waals surface area contributed by atoms with Crippen molar-refractivity contribution in [2.24, 2.45) is 5.92 Å². The van der Waals surface area contributed by atoms with E-state index in [-0.39, 0.29) is 0 Å². The van der Waals surface area contributed by atoms with Crippen molar-refractivity contribution >= 4 is 21.6 Å². The highest BCUT2D eigenvalue weighted by Gasteiger charge is 2.19. The third kappa shape index (κ3) is 3.98. The maximum atomic E-state index is 3.70. The highest BCUT2D eigenvalue weighted by Crippen LogP contribution is 2.28. The van der Waals surface area contributed by atoms with Gasteiger partial charge in [-0.3, -0.25) is 0 Å². The van der Waals surface area contributed by atoms with E-state index in [1.165, 1.54) is 34.1 Å². The molecule has 1 aliphatic heterocycles. The lowest BCUT2D eigenvalue weighted by Crippen LogP contribution is -2.38. The van der Waals surface area contributed by atoms with Crippen LogP contribution in [-0.4, -0.2) is 25.7 Å². The smallest absolute Gasteiger partial charge is 0.0372 e. The van der Waals surface area contributed by atoms with Gasteiger partial charge in [0.05, 0.1) is 0 Å². The number of rotatable bonds is 3. The van der Waals surface area contributed by atoms with E-state index >= 15 is 0 Å². The van der Waals surface area contributed by atoms with Crippen molar-refractivity contribution in [1.29, 1.82) is 0 Å². The van der Waals surface area contributed by atoms with E-state index in [0.29, 0.717) is 6.04 Å². The van der Waals surface area contributed by atoms with Gasteiger partial charge < -0.3 is 10.2 Å². The molecule has 1 aliphatic rings. The quantitative estimate of drug-likeness (QED) is 0.884. The second-order valence-electron chi connectivity index (χ2n) is 6.47. The summed E-state index contributed by atoms with van der Waals surface area (Å²) < 4.78 is 1.24. The number of aryl methyl sites for hydroxylation is 2. The molecule has 0 aliphatic carbocycles. The molecule has 2 nitrogen and oxygen atoms in total. The van der Waals surface area contributed by atoms with Gasteiger partial charge in [-0.05, 0) is 62.4 Å². The number of benzene rings is 1. The van der Waals surface area contributed by atoms with Crippen LogP contribution in [0.25, 0.3) is 0 Å². The Kier molecular flexibility index (Phi) is 5.50. The van der Waals surface area contributed by atoms with Crippen LogP contribution in [0.2, 0.25) is 0 Å². The molecule has 1 N–H and O–H groups in total. The summed E-state index contributed by atoms with van der Waals surface area (Å²) in [5.74, 6) is 0.751. The van der Waals surface area contributed by atoms with Crippen molar-refractivity contribution in [3.63, 3.8) is 0 Å². The van der Waals surface area contributed by atoms with Gasteiger partial charge in [0.1, 0.15) is 0 Å². The topological polar surface area (TPSA) is 15.3 Å². The molecular weight excluding hydrogens is 312 g/mol. The summed E-state index contributed by atoms with van der Waals surface area (Å²) in [5.41, 5.74) is 4.04. The summed E-state index contributed by atoms with van der Waals surface area (Å²) in [6.07, 6.45) is 2.48. The molecule has 0 saturated carbocycles. The average Bonchev–Trinajstić information content (AvgIpc) is 2.60. The van der Waals surface area contributed by atoms with E-state index in [0.717, 1.165) is 25.6 Å². The third-order valence-electron chi connectivity index (χ3n) is 4.02. The van der Waals surface area contributed by atoms with Gasteiger partial charge in [-0.15, -0.1) is 0 Å². The molecule has 1 unspecified atom stereocenters. The van der Waals surface area contributed by atoms with E-state index in [9.17, 15) is 0 Å². The van der Waals surface area contributed by atoms with Crippen molar-refractivity contribution in [1.82, 2.24) is 5.32 Å². The minimum Gasteiger partial charge on any atom is -0.370 e. The zero-order valence-corrected chi connectivity index (χ0v) is 14.8. The molecule has 112 valence electrons. The van der Waals surface area contributed by atoms with Crippen LogP contribution in [0.3, 0.4) is 0 Å². The Hall–Kier alpha value is -0.540. The van der Waals surface area contributed by atoms with E-state index in [4.69, 9.17) is 0 Å². The summed E-state index contributed by atoms with van der Waals surface area (Å²) in [7, 11) is 0. The lowest BCUT2D eigenvalue weighted by Gasteiger charge is -2.28. The second kappa shape index (κ2) is 6.95. The molecule has 0 bridgehead atoms. The normalized spacial score (nSPS) is 20.3. The number of nitrogens with one attached hydrogen (secondary N) is 1. The molecule has 1 fully saturated rings. The first-order chi connectivity index (χ1) is 9.47. The van der Waals surface area contributed by atoms with Crippen LogP contribution < -0.4 is 10.2 Å². The molecule has 1 heterocycles. The fourth-order valence-electron chi connectivity index (χ4n) is 3.07. The maximum absolute atomic E-state index is 3.70. The van der Waals surface area contributed by atoms with Crippen LogP contribution in [0.15, 0.2) is 16.6 Å². The van der Waals surface area contributed by atoms with Crippen molar-refractivity contribution < 1.29 is 0 Å². The Morgan fingerprint density at radius 2 is 1.95 bits per heavy atom. The SMILES string of the molecule is Cc1cc(N2CCCNC(CC(C)C)C2)cc(C)c1Br. The van der Waals surface area contributed by atoms with Crippen molar-refractivity contribution in [3.05, 3.63) is 27.7 Å². The lowest BCUT2D eigenvalue weighted by atomic mass is 10.0. The predicted octanol–water partition coefficient (Wildman–Crippen LogP) is 4.28. The van der Waals surface area contributed by atoms with Gasteiger partial charge in [0.25, 0.3) is 0 Å². The average molecular weight is 339 g/mol. The monoisotopic (exact) mass is 338 g/mol. The molecule has 0 aromatic heterocycles. The van der Waals surface area contributed by atoms with Crippen LogP contribution in [-0.2, 0) is 0 Å². The first-order valence-corrected chi connectivity index (χ1v) is 8.51. The minimum atomic E-state index is 0.613. The van der Waals surface area contributed by atoms with Crippen LogP contribution in [0.5, 0.6) is 0 Å². The van der Waals surface area contributed by atoms with E-state index in [2.05, 4.69) is 66.0 Å². The Morgan fingerprint density at radius 3 is 2.55 bits per heavy atom. The van der Waals surface area contributed by atoms with Crippen LogP contribution >= 0.6 is 15.9 Å². The molecule has 1 saturated heterocycles. The summed E-state index contributed by atoms with van der Waals surface area (Å²) in [4.78, 5) is 2.56.